The molecule has 0 amide bonds. The summed E-state index contributed by atoms with van der Waals surface area (Å²) < 4.78 is 0. The summed E-state index contributed by atoms with van der Waals surface area (Å²) in [6.07, 6.45) is 1.79. The third-order valence-electron chi connectivity index (χ3n) is 1.03. The Hall–Kier alpha value is -1.14. The molecular weight excluding hydrogens is 124 g/mol. The van der Waals surface area contributed by atoms with Gasteiger partial charge in [0.2, 0.25) is 0 Å². The van der Waals surface area contributed by atoms with Crippen molar-refractivity contribution in [2.75, 3.05) is 20.6 Å². The van der Waals surface area contributed by atoms with Gasteiger partial charge in [-0.25, -0.2) is 0 Å². The molecule has 0 aliphatic rings. The molecule has 0 spiro atoms. The van der Waals surface area contributed by atoms with E-state index in [1.165, 1.54) is 0 Å². The number of hydrogen-bond acceptors (Lipinski definition) is 2. The van der Waals surface area contributed by atoms with Gasteiger partial charge >= 0.3 is 0 Å². The molecule has 2 nitrogen and oxygen atoms in total. The van der Waals surface area contributed by atoms with E-state index in [1.807, 2.05) is 19.0 Å². The second-order valence-electron chi connectivity index (χ2n) is 2.09. The topological polar surface area (TPSA) is 15.3 Å². The molecule has 0 radical (unpaired) electrons. The molecule has 0 saturated carbocycles. The van der Waals surface area contributed by atoms with Gasteiger partial charge in [-0.15, -0.1) is 6.58 Å². The van der Waals surface area contributed by atoms with Gasteiger partial charge in [0.25, 0.3) is 0 Å². The third kappa shape index (κ3) is 3.00. The van der Waals surface area contributed by atoms with E-state index < -0.39 is 0 Å². The minimum absolute atomic E-state index is 0.746. The molecule has 0 rings (SSSR count). The molecule has 0 aliphatic heterocycles. The molecule has 0 aliphatic carbocycles. The zero-order valence-electron chi connectivity index (χ0n) is 6.65. The molecule has 10 heavy (non-hydrogen) atoms. The minimum atomic E-state index is 0.746. The number of hydrogen-bond donors (Lipinski definition) is 1. The van der Waals surface area contributed by atoms with Crippen molar-refractivity contribution in [1.82, 2.24) is 10.2 Å². The molecule has 1 N–H and O–H groups in total. The van der Waals surface area contributed by atoms with Crippen LogP contribution in [-0.4, -0.2) is 25.5 Å². The Bertz CT molecular complexity index is 153. The van der Waals surface area contributed by atoms with Crippen molar-refractivity contribution in [3.05, 3.63) is 30.8 Å². The van der Waals surface area contributed by atoms with Crippen molar-refractivity contribution in [3.63, 3.8) is 0 Å². The lowest BCUT2D eigenvalue weighted by Crippen LogP contribution is -2.24. The van der Waals surface area contributed by atoms with E-state index >= 15 is 0 Å². The Balaban J connectivity index is 3.86. The van der Waals surface area contributed by atoms with E-state index in [1.54, 1.807) is 6.08 Å². The Morgan fingerprint density at radius 1 is 1.70 bits per heavy atom. The van der Waals surface area contributed by atoms with Crippen LogP contribution in [0.3, 0.4) is 0 Å². The van der Waals surface area contributed by atoms with Crippen LogP contribution in [-0.2, 0) is 0 Å². The fourth-order valence-corrected chi connectivity index (χ4v) is 0.548. The lowest BCUT2D eigenvalue weighted by Gasteiger charge is -2.14. The molecule has 0 unspecified atom stereocenters. The first-order valence-electron chi connectivity index (χ1n) is 3.14. The van der Waals surface area contributed by atoms with E-state index in [0.29, 0.717) is 0 Å². The summed E-state index contributed by atoms with van der Waals surface area (Å²) >= 11 is 0. The molecule has 0 aromatic rings. The number of rotatable bonds is 4. The maximum absolute atomic E-state index is 3.58. The highest BCUT2D eigenvalue weighted by molar-refractivity contribution is 4.95. The zero-order valence-corrected chi connectivity index (χ0v) is 6.65. The lowest BCUT2D eigenvalue weighted by molar-refractivity contribution is 0.471. The highest BCUT2D eigenvalue weighted by Gasteiger charge is 1.92. The summed E-state index contributed by atoms with van der Waals surface area (Å²) in [6.45, 7) is 7.86. The van der Waals surface area contributed by atoms with E-state index in [0.717, 1.165) is 12.4 Å². The van der Waals surface area contributed by atoms with Crippen molar-refractivity contribution < 1.29 is 0 Å². The molecule has 0 fully saturated rings. The van der Waals surface area contributed by atoms with Gasteiger partial charge in [-0.05, 0) is 0 Å². The standard InChI is InChI=1S/C8H14N2/c1-5-7-9-8(6-2)10(3)4/h5,9H,1-2,7H2,3-4H3. The predicted molar refractivity (Wildman–Crippen MR) is 44.5 cm³/mol. The SMILES string of the molecule is C=C=C(NCC=C)N(C)C. The summed E-state index contributed by atoms with van der Waals surface area (Å²) in [4.78, 5) is 1.91. The molecular formula is C8H14N2. The summed E-state index contributed by atoms with van der Waals surface area (Å²) in [5.74, 6) is 0.889. The van der Waals surface area contributed by atoms with Gasteiger partial charge in [0.05, 0.1) is 0 Å². The molecule has 56 valence electrons. The number of nitrogens with zero attached hydrogens (tertiary/aromatic N) is 1. The molecule has 0 aromatic heterocycles. The Kier molecular flexibility index (Phi) is 4.17. The first kappa shape index (κ1) is 8.86. The van der Waals surface area contributed by atoms with Crippen LogP contribution in [0.2, 0.25) is 0 Å². The van der Waals surface area contributed by atoms with Crippen LogP contribution in [0.1, 0.15) is 0 Å². The maximum atomic E-state index is 3.58. The largest absolute Gasteiger partial charge is 0.362 e. The van der Waals surface area contributed by atoms with Gasteiger partial charge in [0.15, 0.2) is 0 Å². The van der Waals surface area contributed by atoms with Gasteiger partial charge in [0.1, 0.15) is 5.82 Å². The van der Waals surface area contributed by atoms with Crippen LogP contribution >= 0.6 is 0 Å². The second-order valence-corrected chi connectivity index (χ2v) is 2.09. The summed E-state index contributed by atoms with van der Waals surface area (Å²) in [5.41, 5.74) is 2.77. The first-order chi connectivity index (χ1) is 4.72. The fraction of sp³-hybridized carbons (Fsp3) is 0.375. The monoisotopic (exact) mass is 138 g/mol. The van der Waals surface area contributed by atoms with Crippen LogP contribution in [0.4, 0.5) is 0 Å². The molecule has 2 heteroatoms. The van der Waals surface area contributed by atoms with Crippen LogP contribution < -0.4 is 5.32 Å². The van der Waals surface area contributed by atoms with Crippen molar-refractivity contribution in [2.24, 2.45) is 0 Å². The smallest absolute Gasteiger partial charge is 0.145 e. The zero-order chi connectivity index (χ0) is 7.98. The van der Waals surface area contributed by atoms with E-state index in [-0.39, 0.29) is 0 Å². The summed E-state index contributed by atoms with van der Waals surface area (Å²) in [7, 11) is 3.87. The average molecular weight is 138 g/mol. The third-order valence-corrected chi connectivity index (χ3v) is 1.03. The lowest BCUT2D eigenvalue weighted by atomic mass is 10.5. The van der Waals surface area contributed by atoms with Gasteiger partial charge in [0, 0.05) is 20.6 Å². The molecule has 0 saturated heterocycles. The van der Waals surface area contributed by atoms with Gasteiger partial charge < -0.3 is 10.2 Å². The van der Waals surface area contributed by atoms with Crippen molar-refractivity contribution >= 4 is 0 Å². The van der Waals surface area contributed by atoms with Gasteiger partial charge in [-0.1, -0.05) is 18.4 Å². The van der Waals surface area contributed by atoms with Gasteiger partial charge in [-0.2, -0.15) is 0 Å². The normalized spacial score (nSPS) is 7.80. The number of nitrogens with one attached hydrogen (secondary N) is 1. The minimum Gasteiger partial charge on any atom is -0.362 e. The maximum Gasteiger partial charge on any atom is 0.145 e. The van der Waals surface area contributed by atoms with Crippen LogP contribution in [0.15, 0.2) is 30.8 Å². The second kappa shape index (κ2) is 4.71. The van der Waals surface area contributed by atoms with Crippen LogP contribution in [0.5, 0.6) is 0 Å². The van der Waals surface area contributed by atoms with Crippen molar-refractivity contribution in [2.45, 2.75) is 0 Å². The van der Waals surface area contributed by atoms with E-state index in [2.05, 4.69) is 24.2 Å². The molecule has 0 heterocycles. The summed E-state index contributed by atoms with van der Waals surface area (Å²) in [6, 6.07) is 0. The highest BCUT2D eigenvalue weighted by atomic mass is 15.2. The molecule has 0 atom stereocenters. The average Bonchev–Trinajstić information content (AvgIpc) is 1.89. The Labute approximate surface area is 62.5 Å². The molecule has 0 aromatic carbocycles. The fourth-order valence-electron chi connectivity index (χ4n) is 0.548. The molecule has 0 bridgehead atoms. The predicted octanol–water partition coefficient (Wildman–Crippen LogP) is 0.950. The van der Waals surface area contributed by atoms with E-state index in [9.17, 15) is 0 Å². The quantitative estimate of drug-likeness (QED) is 0.459. The highest BCUT2D eigenvalue weighted by Crippen LogP contribution is 1.87. The van der Waals surface area contributed by atoms with E-state index in [4.69, 9.17) is 0 Å². The Morgan fingerprint density at radius 3 is 2.60 bits per heavy atom. The van der Waals surface area contributed by atoms with Crippen LogP contribution in [0, 0.1) is 0 Å². The van der Waals surface area contributed by atoms with Crippen molar-refractivity contribution in [3.8, 4) is 0 Å². The Morgan fingerprint density at radius 2 is 2.30 bits per heavy atom. The van der Waals surface area contributed by atoms with Crippen LogP contribution in [0.25, 0.3) is 0 Å². The van der Waals surface area contributed by atoms with Gasteiger partial charge in [-0.3, -0.25) is 0 Å². The first-order valence-corrected chi connectivity index (χ1v) is 3.14. The summed E-state index contributed by atoms with van der Waals surface area (Å²) in [5, 5.41) is 3.07. The van der Waals surface area contributed by atoms with Crippen molar-refractivity contribution in [1.29, 1.82) is 0 Å².